The smallest absolute Gasteiger partial charge is 0.253 e. The highest BCUT2D eigenvalue weighted by atomic mass is 32.2. The Labute approximate surface area is 192 Å². The van der Waals surface area contributed by atoms with Gasteiger partial charge in [-0.25, -0.2) is 13.4 Å². The molecule has 1 aliphatic rings. The molecule has 2 aromatic rings. The Balaban J connectivity index is 1.82. The molecule has 2 heterocycles. The predicted octanol–water partition coefficient (Wildman–Crippen LogP) is 0.804. The summed E-state index contributed by atoms with van der Waals surface area (Å²) in [6, 6.07) is 9.14. The van der Waals surface area contributed by atoms with Crippen molar-refractivity contribution < 1.29 is 18.0 Å². The number of hydrogen-bond donors (Lipinski definition) is 2. The minimum atomic E-state index is -3.72. The molecule has 1 amide bonds. The van der Waals surface area contributed by atoms with Gasteiger partial charge in [-0.2, -0.15) is 4.31 Å². The molecule has 1 aromatic heterocycles. The highest BCUT2D eigenvalue weighted by Gasteiger charge is 2.43. The number of nitrogens with two attached hydrogens (primary N) is 1. The van der Waals surface area contributed by atoms with Crippen LogP contribution in [0.4, 0.5) is 5.82 Å². The fourth-order valence-corrected chi connectivity index (χ4v) is 5.80. The standard InChI is InChI=1S/C21H29N5O4S2/c1-21(22,20(28)24-18-13-31-15-23-18)19(27)17(12-16-6-4-3-5-7-16)14-32(29,30)26-10-8-25(2)9-11-26/h3-7,13,15,17H,8-12,14,22H2,1-2H3,(H,24,28)/t17?,21-/m0/s1. The Morgan fingerprint density at radius 1 is 1.22 bits per heavy atom. The topological polar surface area (TPSA) is 126 Å². The Kier molecular flexibility index (Phi) is 7.78. The van der Waals surface area contributed by atoms with Gasteiger partial charge >= 0.3 is 0 Å². The second-order valence-electron chi connectivity index (χ2n) is 8.26. The summed E-state index contributed by atoms with van der Waals surface area (Å²) in [6.07, 6.45) is 0.170. The SMILES string of the molecule is CN1CCN(S(=O)(=O)CC(Cc2ccccc2)C(=O)[C@](C)(N)C(=O)Nc2cscn2)CC1. The number of sulfonamides is 1. The van der Waals surface area contributed by atoms with Gasteiger partial charge in [0.25, 0.3) is 5.91 Å². The third-order valence-electron chi connectivity index (χ3n) is 5.62. The molecule has 3 N–H and O–H groups in total. The van der Waals surface area contributed by atoms with Crippen molar-refractivity contribution in [2.45, 2.75) is 18.9 Å². The highest BCUT2D eigenvalue weighted by Crippen LogP contribution is 2.22. The van der Waals surface area contributed by atoms with Crippen molar-refractivity contribution in [3.8, 4) is 0 Å². The van der Waals surface area contributed by atoms with Gasteiger partial charge in [0.15, 0.2) is 11.3 Å². The molecule has 3 rings (SSSR count). The molecule has 1 unspecified atom stereocenters. The van der Waals surface area contributed by atoms with Crippen molar-refractivity contribution in [2.75, 3.05) is 44.3 Å². The Bertz CT molecular complexity index is 1020. The maximum atomic E-state index is 13.5. The van der Waals surface area contributed by atoms with E-state index < -0.39 is 38.9 Å². The number of rotatable bonds is 9. The van der Waals surface area contributed by atoms with E-state index in [0.29, 0.717) is 32.0 Å². The molecule has 1 fully saturated rings. The van der Waals surface area contributed by atoms with Crippen LogP contribution in [-0.2, 0) is 26.0 Å². The number of carbonyl (C=O) groups excluding carboxylic acids is 2. The molecule has 1 aromatic carbocycles. The van der Waals surface area contributed by atoms with Crippen LogP contribution in [0.1, 0.15) is 12.5 Å². The van der Waals surface area contributed by atoms with Crippen LogP contribution >= 0.6 is 11.3 Å². The van der Waals surface area contributed by atoms with E-state index in [1.165, 1.54) is 22.6 Å². The Morgan fingerprint density at radius 3 is 2.47 bits per heavy atom. The molecule has 9 nitrogen and oxygen atoms in total. The van der Waals surface area contributed by atoms with E-state index in [1.807, 2.05) is 37.4 Å². The van der Waals surface area contributed by atoms with Gasteiger partial charge in [-0.1, -0.05) is 30.3 Å². The van der Waals surface area contributed by atoms with Crippen LogP contribution in [0.5, 0.6) is 0 Å². The molecule has 0 bridgehead atoms. The number of Topliss-reactive ketones (excluding diaryl/α,β-unsaturated/α-hetero) is 1. The van der Waals surface area contributed by atoms with Gasteiger partial charge in [0.05, 0.1) is 11.3 Å². The molecule has 11 heteroatoms. The van der Waals surface area contributed by atoms with E-state index in [2.05, 4.69) is 15.2 Å². The van der Waals surface area contributed by atoms with Gasteiger partial charge in [0.2, 0.25) is 10.0 Å². The van der Waals surface area contributed by atoms with Crippen molar-refractivity contribution in [3.63, 3.8) is 0 Å². The number of nitrogens with one attached hydrogen (secondary N) is 1. The normalized spacial score (nSPS) is 18.6. The molecular weight excluding hydrogens is 450 g/mol. The van der Waals surface area contributed by atoms with Gasteiger partial charge in [0.1, 0.15) is 5.82 Å². The number of aromatic nitrogens is 1. The number of thiazole rings is 1. The van der Waals surface area contributed by atoms with Crippen LogP contribution in [0.2, 0.25) is 0 Å². The zero-order valence-electron chi connectivity index (χ0n) is 18.2. The third kappa shape index (κ3) is 5.99. The molecule has 0 radical (unpaired) electrons. The van der Waals surface area contributed by atoms with Crippen LogP contribution in [0.15, 0.2) is 41.2 Å². The number of carbonyl (C=O) groups is 2. The molecule has 0 aliphatic carbocycles. The molecular formula is C21H29N5O4S2. The zero-order valence-corrected chi connectivity index (χ0v) is 19.9. The van der Waals surface area contributed by atoms with Crippen LogP contribution in [0, 0.1) is 5.92 Å². The summed E-state index contributed by atoms with van der Waals surface area (Å²) in [6.45, 7) is 3.31. The first-order chi connectivity index (χ1) is 15.1. The molecule has 32 heavy (non-hydrogen) atoms. The molecule has 2 atom stereocenters. The fourth-order valence-electron chi connectivity index (χ4n) is 3.61. The van der Waals surface area contributed by atoms with E-state index in [-0.39, 0.29) is 6.42 Å². The average Bonchev–Trinajstić information content (AvgIpc) is 3.26. The number of amides is 1. The number of ketones is 1. The van der Waals surface area contributed by atoms with Crippen LogP contribution in [-0.4, -0.2) is 78.8 Å². The highest BCUT2D eigenvalue weighted by molar-refractivity contribution is 7.89. The summed E-state index contributed by atoms with van der Waals surface area (Å²) in [5.74, 6) is -2.41. The lowest BCUT2D eigenvalue weighted by molar-refractivity contribution is -0.134. The molecule has 0 spiro atoms. The first kappa shape index (κ1) is 24.5. The van der Waals surface area contributed by atoms with Crippen molar-refractivity contribution in [3.05, 3.63) is 46.8 Å². The zero-order chi connectivity index (χ0) is 23.4. The summed E-state index contributed by atoms with van der Waals surface area (Å²) >= 11 is 1.29. The molecule has 1 saturated heterocycles. The lowest BCUT2D eigenvalue weighted by Gasteiger charge is -2.33. The van der Waals surface area contributed by atoms with E-state index in [9.17, 15) is 18.0 Å². The lowest BCUT2D eigenvalue weighted by Crippen LogP contribution is -2.58. The van der Waals surface area contributed by atoms with Gasteiger partial charge in [-0.15, -0.1) is 11.3 Å². The fraction of sp³-hybridized carbons (Fsp3) is 0.476. The lowest BCUT2D eigenvalue weighted by atomic mass is 9.84. The van der Waals surface area contributed by atoms with Gasteiger partial charge < -0.3 is 16.0 Å². The van der Waals surface area contributed by atoms with Crippen molar-refractivity contribution in [2.24, 2.45) is 11.7 Å². The summed E-state index contributed by atoms with van der Waals surface area (Å²) in [5.41, 5.74) is 6.62. The maximum absolute atomic E-state index is 13.5. The first-order valence-electron chi connectivity index (χ1n) is 10.3. The van der Waals surface area contributed by atoms with Crippen molar-refractivity contribution in [1.82, 2.24) is 14.2 Å². The predicted molar refractivity (Wildman–Crippen MR) is 125 cm³/mol. The Morgan fingerprint density at radius 2 is 1.88 bits per heavy atom. The first-order valence-corrected chi connectivity index (χ1v) is 12.9. The second kappa shape index (κ2) is 10.2. The number of hydrogen-bond acceptors (Lipinski definition) is 8. The summed E-state index contributed by atoms with van der Waals surface area (Å²) in [5, 5.41) is 4.16. The van der Waals surface area contributed by atoms with Crippen LogP contribution in [0.25, 0.3) is 0 Å². The number of piperazine rings is 1. The van der Waals surface area contributed by atoms with Crippen molar-refractivity contribution >= 4 is 38.9 Å². The number of anilines is 1. The number of nitrogens with zero attached hydrogens (tertiary/aromatic N) is 3. The molecule has 174 valence electrons. The van der Waals surface area contributed by atoms with E-state index >= 15 is 0 Å². The maximum Gasteiger partial charge on any atom is 0.253 e. The average molecular weight is 480 g/mol. The van der Waals surface area contributed by atoms with Crippen LogP contribution in [0.3, 0.4) is 0 Å². The second-order valence-corrected chi connectivity index (χ2v) is 11.0. The van der Waals surface area contributed by atoms with E-state index in [4.69, 9.17) is 5.73 Å². The molecule has 1 aliphatic heterocycles. The van der Waals surface area contributed by atoms with Crippen LogP contribution < -0.4 is 11.1 Å². The van der Waals surface area contributed by atoms with Crippen molar-refractivity contribution in [1.29, 1.82) is 0 Å². The number of benzene rings is 1. The van der Waals surface area contributed by atoms with E-state index in [1.54, 1.807) is 10.9 Å². The van der Waals surface area contributed by atoms with Gasteiger partial charge in [-0.3, -0.25) is 9.59 Å². The quantitative estimate of drug-likeness (QED) is 0.510. The summed E-state index contributed by atoms with van der Waals surface area (Å²) in [4.78, 5) is 32.3. The summed E-state index contributed by atoms with van der Waals surface area (Å²) < 4.78 is 27.7. The largest absolute Gasteiger partial charge is 0.311 e. The third-order valence-corrected chi connectivity index (χ3v) is 8.18. The van der Waals surface area contributed by atoms with Gasteiger partial charge in [-0.05, 0) is 26.0 Å². The number of likely N-dealkylation sites (N-methyl/N-ethyl adjacent to an activating group) is 1. The minimum absolute atomic E-state index is 0.170. The van der Waals surface area contributed by atoms with E-state index in [0.717, 1.165) is 5.56 Å². The van der Waals surface area contributed by atoms with Gasteiger partial charge in [0, 0.05) is 37.5 Å². The monoisotopic (exact) mass is 479 g/mol. The summed E-state index contributed by atoms with van der Waals surface area (Å²) in [7, 11) is -1.78. The minimum Gasteiger partial charge on any atom is -0.311 e. The molecule has 0 saturated carbocycles. The Hall–Kier alpha value is -2.18.